The Morgan fingerprint density at radius 3 is 2.62 bits per heavy atom. The second-order valence-corrected chi connectivity index (χ2v) is 8.45. The first-order chi connectivity index (χ1) is 16.3. The molecule has 0 aliphatic carbocycles. The summed E-state index contributed by atoms with van der Waals surface area (Å²) in [5.41, 5.74) is 3.34. The molecule has 0 saturated carbocycles. The highest BCUT2D eigenvalue weighted by Crippen LogP contribution is 2.23. The minimum Gasteiger partial charge on any atom is -0.294 e. The van der Waals surface area contributed by atoms with E-state index in [2.05, 4.69) is 19.7 Å². The number of halogens is 2. The van der Waals surface area contributed by atoms with E-state index >= 15 is 0 Å². The Labute approximate surface area is 196 Å². The van der Waals surface area contributed by atoms with Crippen molar-refractivity contribution in [3.8, 4) is 11.3 Å². The summed E-state index contributed by atoms with van der Waals surface area (Å²) >= 11 is -2.15. The van der Waals surface area contributed by atoms with Gasteiger partial charge >= 0.3 is 0 Å². The topological polar surface area (TPSA) is 105 Å². The minimum absolute atomic E-state index is 0.147. The molecule has 4 rings (SSSR count). The average molecular weight is 483 g/mol. The van der Waals surface area contributed by atoms with Crippen molar-refractivity contribution in [1.29, 1.82) is 0 Å². The van der Waals surface area contributed by atoms with Crippen molar-refractivity contribution in [3.05, 3.63) is 88.9 Å². The number of fused-ring (bicyclic) bond motifs is 1. The van der Waals surface area contributed by atoms with Crippen LogP contribution in [0.25, 0.3) is 22.3 Å². The summed E-state index contributed by atoms with van der Waals surface area (Å²) < 4.78 is 50.4. The lowest BCUT2D eigenvalue weighted by Crippen LogP contribution is -2.18. The van der Waals surface area contributed by atoms with Crippen molar-refractivity contribution in [3.63, 3.8) is 0 Å². The Balaban J connectivity index is 1.63. The van der Waals surface area contributed by atoms with Gasteiger partial charge in [0.05, 0.1) is 28.5 Å². The number of aryl methyl sites for hydroxylation is 2. The van der Waals surface area contributed by atoms with Crippen LogP contribution in [0.3, 0.4) is 0 Å². The van der Waals surface area contributed by atoms with Crippen LogP contribution in [0.5, 0.6) is 0 Å². The molecule has 34 heavy (non-hydrogen) atoms. The second kappa shape index (κ2) is 10.2. The van der Waals surface area contributed by atoms with E-state index in [9.17, 15) is 17.8 Å². The SMILES string of the molecule is Cc1ccc(-c2cnc3ccc(C(=O)c4cc(CCCNS(=O)O)cc(F)c4F)cc3n2)cn1. The van der Waals surface area contributed by atoms with E-state index in [0.29, 0.717) is 35.1 Å². The summed E-state index contributed by atoms with van der Waals surface area (Å²) in [7, 11) is 0. The number of hydrogen-bond donors (Lipinski definition) is 2. The minimum atomic E-state index is -2.15. The van der Waals surface area contributed by atoms with Gasteiger partial charge in [0.1, 0.15) is 0 Å². The third-order valence-corrected chi connectivity index (χ3v) is 5.66. The van der Waals surface area contributed by atoms with Crippen LogP contribution in [0.15, 0.2) is 54.9 Å². The van der Waals surface area contributed by atoms with Gasteiger partial charge in [-0.3, -0.25) is 19.3 Å². The molecule has 0 bridgehead atoms. The van der Waals surface area contributed by atoms with Crippen LogP contribution >= 0.6 is 0 Å². The molecule has 0 aliphatic rings. The van der Waals surface area contributed by atoms with Crippen molar-refractivity contribution in [2.45, 2.75) is 19.8 Å². The molecule has 0 radical (unpaired) electrons. The zero-order chi connectivity index (χ0) is 24.2. The number of pyridine rings is 1. The highest BCUT2D eigenvalue weighted by atomic mass is 32.2. The number of nitrogens with zero attached hydrogens (tertiary/aromatic N) is 3. The molecule has 4 aromatic rings. The van der Waals surface area contributed by atoms with Crippen molar-refractivity contribution >= 4 is 28.1 Å². The van der Waals surface area contributed by atoms with Crippen LogP contribution in [-0.4, -0.2) is 36.0 Å². The van der Waals surface area contributed by atoms with Crippen molar-refractivity contribution < 1.29 is 22.3 Å². The Bertz CT molecular complexity index is 1400. The molecule has 0 amide bonds. The fraction of sp³-hybridized carbons (Fsp3) is 0.167. The average Bonchev–Trinajstić information content (AvgIpc) is 2.83. The molecule has 10 heteroatoms. The normalized spacial score (nSPS) is 12.1. The number of hydrogen-bond acceptors (Lipinski definition) is 5. The van der Waals surface area contributed by atoms with E-state index in [1.54, 1.807) is 18.5 Å². The van der Waals surface area contributed by atoms with E-state index in [-0.39, 0.29) is 17.7 Å². The van der Waals surface area contributed by atoms with E-state index in [4.69, 9.17) is 4.55 Å². The Morgan fingerprint density at radius 2 is 1.88 bits per heavy atom. The highest BCUT2D eigenvalue weighted by molar-refractivity contribution is 7.77. The maximum Gasteiger partial charge on any atom is 0.231 e. The first-order valence-corrected chi connectivity index (χ1v) is 11.5. The van der Waals surface area contributed by atoms with Gasteiger partial charge in [-0.25, -0.2) is 22.7 Å². The summed E-state index contributed by atoms with van der Waals surface area (Å²) in [6, 6.07) is 10.6. The molecule has 1 atom stereocenters. The molecular formula is C24H20F2N4O3S. The fourth-order valence-corrected chi connectivity index (χ4v) is 3.79. The number of rotatable bonds is 8. The highest BCUT2D eigenvalue weighted by Gasteiger charge is 2.19. The molecule has 7 nitrogen and oxygen atoms in total. The Kier molecular flexibility index (Phi) is 7.11. The van der Waals surface area contributed by atoms with E-state index in [0.717, 1.165) is 17.3 Å². The van der Waals surface area contributed by atoms with Gasteiger partial charge in [0, 0.05) is 29.6 Å². The van der Waals surface area contributed by atoms with Crippen LogP contribution in [0.2, 0.25) is 0 Å². The molecule has 0 fully saturated rings. The van der Waals surface area contributed by atoms with E-state index in [1.165, 1.54) is 18.2 Å². The summed E-state index contributed by atoms with van der Waals surface area (Å²) in [5.74, 6) is -3.04. The largest absolute Gasteiger partial charge is 0.294 e. The van der Waals surface area contributed by atoms with Gasteiger partial charge < -0.3 is 0 Å². The zero-order valence-electron chi connectivity index (χ0n) is 18.1. The quantitative estimate of drug-likeness (QED) is 0.222. The molecule has 0 saturated heterocycles. The monoisotopic (exact) mass is 482 g/mol. The van der Waals surface area contributed by atoms with Crippen LogP contribution < -0.4 is 4.72 Å². The first kappa shape index (κ1) is 23.7. The number of carbonyl (C=O) groups excluding carboxylic acids is 1. The fourth-order valence-electron chi connectivity index (χ4n) is 3.47. The molecule has 1 unspecified atom stereocenters. The number of benzene rings is 2. The number of nitrogens with one attached hydrogen (secondary N) is 1. The van der Waals surface area contributed by atoms with Gasteiger partial charge in [-0.15, -0.1) is 0 Å². The summed E-state index contributed by atoms with van der Waals surface area (Å²) in [5, 5.41) is 0. The maximum absolute atomic E-state index is 14.5. The van der Waals surface area contributed by atoms with Gasteiger partial charge in [0.25, 0.3) is 0 Å². The smallest absolute Gasteiger partial charge is 0.231 e. The standard InChI is InChI=1S/C24H20F2N4O3S/c1-14-4-5-17(12-27-14)22-13-28-20-7-6-16(11-21(20)30-22)24(31)18-9-15(10-19(25)23(18)26)3-2-8-29-34(32)33/h4-7,9-13,29H,2-3,8H2,1H3,(H,32,33). The molecule has 0 spiro atoms. The predicted molar refractivity (Wildman–Crippen MR) is 124 cm³/mol. The van der Waals surface area contributed by atoms with Gasteiger partial charge in [-0.1, -0.05) is 0 Å². The van der Waals surface area contributed by atoms with Crippen molar-refractivity contribution in [2.24, 2.45) is 0 Å². The second-order valence-electron chi connectivity index (χ2n) is 7.66. The lowest BCUT2D eigenvalue weighted by molar-refractivity contribution is 0.103. The molecule has 2 N–H and O–H groups in total. The predicted octanol–water partition coefficient (Wildman–Crippen LogP) is 4.17. The summed E-state index contributed by atoms with van der Waals surface area (Å²) in [6.45, 7) is 2.08. The first-order valence-electron chi connectivity index (χ1n) is 10.4. The van der Waals surface area contributed by atoms with Gasteiger partial charge in [0.15, 0.2) is 17.4 Å². The van der Waals surface area contributed by atoms with Crippen molar-refractivity contribution in [2.75, 3.05) is 6.54 Å². The third-order valence-electron chi connectivity index (χ3n) is 5.21. The molecule has 174 valence electrons. The van der Waals surface area contributed by atoms with Gasteiger partial charge in [-0.05, 0) is 67.8 Å². The lowest BCUT2D eigenvalue weighted by Gasteiger charge is -2.09. The molecular weight excluding hydrogens is 462 g/mol. The Hall–Kier alpha value is -3.47. The molecule has 0 aliphatic heterocycles. The number of carbonyl (C=O) groups is 1. The third kappa shape index (κ3) is 5.36. The lowest BCUT2D eigenvalue weighted by atomic mass is 9.98. The maximum atomic E-state index is 14.5. The molecule has 2 aromatic carbocycles. The number of aromatic nitrogens is 3. The molecule has 2 heterocycles. The summed E-state index contributed by atoms with van der Waals surface area (Å²) in [4.78, 5) is 26.3. The zero-order valence-corrected chi connectivity index (χ0v) is 18.9. The van der Waals surface area contributed by atoms with Crippen LogP contribution in [0, 0.1) is 18.6 Å². The van der Waals surface area contributed by atoms with E-state index in [1.807, 2.05) is 19.1 Å². The van der Waals surface area contributed by atoms with Gasteiger partial charge in [-0.2, -0.15) is 0 Å². The van der Waals surface area contributed by atoms with Crippen LogP contribution in [-0.2, 0) is 17.7 Å². The summed E-state index contributed by atoms with van der Waals surface area (Å²) in [6.07, 6.45) is 3.97. The van der Waals surface area contributed by atoms with Gasteiger partial charge in [0.2, 0.25) is 11.3 Å². The van der Waals surface area contributed by atoms with Crippen molar-refractivity contribution in [1.82, 2.24) is 19.7 Å². The van der Waals surface area contributed by atoms with E-state index < -0.39 is 28.7 Å². The number of ketones is 1. The van der Waals surface area contributed by atoms with Crippen LogP contribution in [0.1, 0.15) is 33.6 Å². The Morgan fingerprint density at radius 1 is 1.06 bits per heavy atom. The van der Waals surface area contributed by atoms with Crippen LogP contribution in [0.4, 0.5) is 8.78 Å². The molecule has 2 aromatic heterocycles.